The van der Waals surface area contributed by atoms with Crippen molar-refractivity contribution in [2.75, 3.05) is 26.8 Å². The summed E-state index contributed by atoms with van der Waals surface area (Å²) in [5.41, 5.74) is 1.16. The normalized spacial score (nSPS) is 11.7. The van der Waals surface area contributed by atoms with Crippen molar-refractivity contribution in [3.05, 3.63) is 16.1 Å². The summed E-state index contributed by atoms with van der Waals surface area (Å²) >= 11 is 1.69. The fraction of sp³-hybridized carbons (Fsp3) is 0.750. The zero-order valence-corrected chi connectivity index (χ0v) is 18.0. The number of rotatable bonds is 9. The van der Waals surface area contributed by atoms with Crippen LogP contribution in [0.25, 0.3) is 0 Å². The van der Waals surface area contributed by atoms with Crippen LogP contribution in [0.2, 0.25) is 0 Å². The Hall–Kier alpha value is -0.410. The number of hydrogen-bond donors (Lipinski definition) is 2. The molecule has 1 heterocycles. The maximum atomic E-state index is 5.58. The van der Waals surface area contributed by atoms with Crippen LogP contribution >= 0.6 is 35.3 Å². The van der Waals surface area contributed by atoms with Gasteiger partial charge in [-0.3, -0.25) is 4.99 Å². The van der Waals surface area contributed by atoms with Crippen LogP contribution in [-0.2, 0) is 11.3 Å². The molecule has 23 heavy (non-hydrogen) atoms. The molecule has 0 spiro atoms. The van der Waals surface area contributed by atoms with Gasteiger partial charge >= 0.3 is 0 Å². The third-order valence-corrected chi connectivity index (χ3v) is 4.04. The van der Waals surface area contributed by atoms with Crippen LogP contribution < -0.4 is 10.6 Å². The molecule has 0 aliphatic rings. The van der Waals surface area contributed by atoms with Gasteiger partial charge in [0.05, 0.1) is 18.8 Å². The summed E-state index contributed by atoms with van der Waals surface area (Å²) in [5.74, 6) is 1.95. The molecule has 0 unspecified atom stereocenters. The Morgan fingerprint density at radius 3 is 2.57 bits per heavy atom. The molecule has 1 aromatic rings. The molecular weight excluding hydrogens is 423 g/mol. The average Bonchev–Trinajstić information content (AvgIpc) is 2.94. The Morgan fingerprint density at radius 1 is 1.26 bits per heavy atom. The second-order valence-corrected chi connectivity index (χ2v) is 6.91. The number of hydrogen-bond acceptors (Lipinski definition) is 4. The van der Waals surface area contributed by atoms with Crippen LogP contribution in [0.15, 0.2) is 10.4 Å². The van der Waals surface area contributed by atoms with Gasteiger partial charge in [0.25, 0.3) is 0 Å². The molecule has 0 aliphatic carbocycles. The van der Waals surface area contributed by atoms with Gasteiger partial charge in [-0.15, -0.1) is 35.3 Å². The van der Waals surface area contributed by atoms with Crippen LogP contribution in [-0.4, -0.2) is 37.7 Å². The molecular formula is C16H31IN4OS. The number of aliphatic imine (C=N–C) groups is 1. The largest absolute Gasteiger partial charge is 0.380 e. The van der Waals surface area contributed by atoms with Crippen molar-refractivity contribution in [2.45, 2.75) is 46.6 Å². The molecule has 0 saturated carbocycles. The van der Waals surface area contributed by atoms with E-state index in [1.165, 1.54) is 0 Å². The Kier molecular flexibility index (Phi) is 12.7. The summed E-state index contributed by atoms with van der Waals surface area (Å²) in [5, 5.41) is 9.74. The molecule has 1 rings (SSSR count). The van der Waals surface area contributed by atoms with Crippen LogP contribution in [0.1, 0.15) is 50.7 Å². The molecule has 0 amide bonds. The molecule has 5 nitrogen and oxygen atoms in total. The van der Waals surface area contributed by atoms with Gasteiger partial charge in [0.15, 0.2) is 5.96 Å². The van der Waals surface area contributed by atoms with E-state index < -0.39 is 0 Å². The third kappa shape index (κ3) is 10.1. The zero-order chi connectivity index (χ0) is 16.4. The van der Waals surface area contributed by atoms with Crippen LogP contribution in [0.4, 0.5) is 0 Å². The van der Waals surface area contributed by atoms with E-state index in [2.05, 4.69) is 53.7 Å². The van der Waals surface area contributed by atoms with Crippen molar-refractivity contribution in [3.8, 4) is 0 Å². The second-order valence-electron chi connectivity index (χ2n) is 5.97. The highest BCUT2D eigenvalue weighted by atomic mass is 127. The summed E-state index contributed by atoms with van der Waals surface area (Å²) in [6, 6.07) is 0. The molecule has 0 bridgehead atoms. The van der Waals surface area contributed by atoms with E-state index in [-0.39, 0.29) is 24.0 Å². The fourth-order valence-corrected chi connectivity index (χ4v) is 2.61. The van der Waals surface area contributed by atoms with Gasteiger partial charge in [-0.2, -0.15) is 0 Å². The molecule has 134 valence electrons. The van der Waals surface area contributed by atoms with E-state index in [9.17, 15) is 0 Å². The number of guanidine groups is 1. The summed E-state index contributed by atoms with van der Waals surface area (Å²) in [6.45, 7) is 11.7. The van der Waals surface area contributed by atoms with Crippen LogP contribution in [0.5, 0.6) is 0 Å². The summed E-state index contributed by atoms with van der Waals surface area (Å²) in [4.78, 5) is 8.81. The van der Waals surface area contributed by atoms with Crippen molar-refractivity contribution < 1.29 is 4.74 Å². The Morgan fingerprint density at radius 2 is 2.00 bits per heavy atom. The first-order chi connectivity index (χ1) is 10.5. The van der Waals surface area contributed by atoms with Crippen LogP contribution in [0.3, 0.4) is 0 Å². The topological polar surface area (TPSA) is 58.5 Å². The number of halogens is 1. The monoisotopic (exact) mass is 454 g/mol. The number of nitrogens with zero attached hydrogens (tertiary/aromatic N) is 2. The number of thiazole rings is 1. The molecule has 0 fully saturated rings. The van der Waals surface area contributed by atoms with Gasteiger partial charge in [-0.25, -0.2) is 4.98 Å². The lowest BCUT2D eigenvalue weighted by Gasteiger charge is -2.11. The van der Waals surface area contributed by atoms with Gasteiger partial charge in [0.2, 0.25) is 0 Å². The lowest BCUT2D eigenvalue weighted by molar-refractivity contribution is 0.128. The fourth-order valence-electron chi connectivity index (χ4n) is 1.71. The van der Waals surface area contributed by atoms with Crippen molar-refractivity contribution in [2.24, 2.45) is 10.9 Å². The highest BCUT2D eigenvalue weighted by molar-refractivity contribution is 14.0. The lowest BCUT2D eigenvalue weighted by Crippen LogP contribution is -2.38. The molecule has 2 N–H and O–H groups in total. The van der Waals surface area contributed by atoms with E-state index in [0.717, 1.165) is 36.2 Å². The summed E-state index contributed by atoms with van der Waals surface area (Å²) in [7, 11) is 1.77. The number of ether oxygens (including phenoxy) is 1. The zero-order valence-electron chi connectivity index (χ0n) is 14.9. The van der Waals surface area contributed by atoms with Crippen molar-refractivity contribution in [1.29, 1.82) is 0 Å². The Balaban J connectivity index is 0.00000484. The minimum Gasteiger partial charge on any atom is -0.380 e. The second kappa shape index (κ2) is 12.9. The first-order valence-electron chi connectivity index (χ1n) is 7.99. The van der Waals surface area contributed by atoms with E-state index in [1.54, 1.807) is 18.4 Å². The molecule has 0 radical (unpaired) electrons. The molecule has 0 atom stereocenters. The van der Waals surface area contributed by atoms with Gasteiger partial charge in [0.1, 0.15) is 5.01 Å². The molecule has 0 aliphatic heterocycles. The third-order valence-electron chi connectivity index (χ3n) is 3.17. The van der Waals surface area contributed by atoms with Gasteiger partial charge in [-0.1, -0.05) is 27.7 Å². The SMILES string of the molecule is CN=C(NCCOCCC(C)C)NCc1nc(C(C)C)cs1.I. The van der Waals surface area contributed by atoms with E-state index in [1.807, 2.05) is 0 Å². The molecule has 0 saturated heterocycles. The van der Waals surface area contributed by atoms with Gasteiger partial charge in [-0.05, 0) is 18.3 Å². The standard InChI is InChI=1S/C16H30N4OS.HI/c1-12(2)6-8-21-9-7-18-16(17-5)19-10-15-20-14(11-22-15)13(3)4;/h11-13H,6-10H2,1-5H3,(H2,17,18,19);1H. The molecule has 1 aromatic heterocycles. The number of aromatic nitrogens is 1. The summed E-state index contributed by atoms with van der Waals surface area (Å²) < 4.78 is 5.58. The summed E-state index contributed by atoms with van der Waals surface area (Å²) in [6.07, 6.45) is 1.11. The molecule has 0 aromatic carbocycles. The van der Waals surface area contributed by atoms with E-state index >= 15 is 0 Å². The Labute approximate surface area is 161 Å². The highest BCUT2D eigenvalue weighted by Gasteiger charge is 2.06. The minimum atomic E-state index is 0. The maximum Gasteiger partial charge on any atom is 0.191 e. The van der Waals surface area contributed by atoms with Gasteiger partial charge in [0, 0.05) is 25.6 Å². The number of nitrogens with one attached hydrogen (secondary N) is 2. The van der Waals surface area contributed by atoms with E-state index in [4.69, 9.17) is 4.74 Å². The Bertz CT molecular complexity index is 449. The minimum absolute atomic E-state index is 0. The molecule has 7 heteroatoms. The van der Waals surface area contributed by atoms with Gasteiger partial charge < -0.3 is 15.4 Å². The predicted octanol–water partition coefficient (Wildman–Crippen LogP) is 3.61. The lowest BCUT2D eigenvalue weighted by atomic mass is 10.1. The van der Waals surface area contributed by atoms with E-state index in [0.29, 0.717) is 25.0 Å². The highest BCUT2D eigenvalue weighted by Crippen LogP contribution is 2.17. The quantitative estimate of drug-likeness (QED) is 0.259. The van der Waals surface area contributed by atoms with Crippen LogP contribution in [0, 0.1) is 5.92 Å². The maximum absolute atomic E-state index is 5.58. The first kappa shape index (κ1) is 22.6. The average molecular weight is 454 g/mol. The van der Waals surface area contributed by atoms with Crippen molar-refractivity contribution >= 4 is 41.3 Å². The predicted molar refractivity (Wildman–Crippen MR) is 110 cm³/mol. The van der Waals surface area contributed by atoms with Crippen molar-refractivity contribution in [3.63, 3.8) is 0 Å². The van der Waals surface area contributed by atoms with Crippen molar-refractivity contribution in [1.82, 2.24) is 15.6 Å². The smallest absolute Gasteiger partial charge is 0.191 e. The first-order valence-corrected chi connectivity index (χ1v) is 8.87.